The fourth-order valence-electron chi connectivity index (χ4n) is 3.10. The third-order valence-corrected chi connectivity index (χ3v) is 5.73. The molecule has 0 amide bonds. The molecule has 3 heterocycles. The Bertz CT molecular complexity index is 612. The van der Waals surface area contributed by atoms with Gasteiger partial charge in [-0.25, -0.2) is 17.5 Å². The van der Waals surface area contributed by atoms with E-state index >= 15 is 0 Å². The highest BCUT2D eigenvalue weighted by Crippen LogP contribution is 2.29. The van der Waals surface area contributed by atoms with Crippen LogP contribution in [-0.2, 0) is 10.0 Å². The number of rotatable bonds is 3. The van der Waals surface area contributed by atoms with E-state index in [4.69, 9.17) is 5.73 Å². The third-order valence-electron chi connectivity index (χ3n) is 4.21. The Balaban J connectivity index is 1.82. The number of sulfonamides is 1. The van der Waals surface area contributed by atoms with Crippen molar-refractivity contribution in [2.24, 2.45) is 5.92 Å². The molecule has 110 valence electrons. The largest absolute Gasteiger partial charge is 0.399 e. The second-order valence-electron chi connectivity index (χ2n) is 5.56. The fourth-order valence-corrected chi connectivity index (χ4v) is 4.45. The first-order valence-electron chi connectivity index (χ1n) is 6.75. The predicted molar refractivity (Wildman–Crippen MR) is 74.1 cm³/mol. The Morgan fingerprint density at radius 2 is 2.00 bits per heavy atom. The molecule has 0 aromatic heterocycles. The van der Waals surface area contributed by atoms with E-state index in [0.717, 1.165) is 32.0 Å². The molecule has 4 rings (SSSR count). The molecule has 3 aliphatic heterocycles. The maximum absolute atomic E-state index is 13.8. The van der Waals surface area contributed by atoms with Crippen molar-refractivity contribution < 1.29 is 12.8 Å². The van der Waals surface area contributed by atoms with Gasteiger partial charge in [-0.05, 0) is 50.0 Å². The molecular weight excluding hydrogens is 281 g/mol. The van der Waals surface area contributed by atoms with Gasteiger partial charge in [0.25, 0.3) is 0 Å². The highest BCUT2D eigenvalue weighted by Gasteiger charge is 2.37. The van der Waals surface area contributed by atoms with Gasteiger partial charge < -0.3 is 10.6 Å². The van der Waals surface area contributed by atoms with Gasteiger partial charge in [0.2, 0.25) is 10.0 Å². The van der Waals surface area contributed by atoms with E-state index in [2.05, 4.69) is 9.62 Å². The zero-order valence-electron chi connectivity index (χ0n) is 11.0. The van der Waals surface area contributed by atoms with Gasteiger partial charge in [-0.3, -0.25) is 0 Å². The number of benzene rings is 1. The van der Waals surface area contributed by atoms with Crippen LogP contribution >= 0.6 is 0 Å². The highest BCUT2D eigenvalue weighted by molar-refractivity contribution is 7.89. The van der Waals surface area contributed by atoms with Gasteiger partial charge in [-0.15, -0.1) is 0 Å². The van der Waals surface area contributed by atoms with Crippen molar-refractivity contribution in [3.63, 3.8) is 0 Å². The van der Waals surface area contributed by atoms with Crippen molar-refractivity contribution in [1.29, 1.82) is 0 Å². The molecule has 1 unspecified atom stereocenters. The molecule has 3 aliphatic rings. The first kappa shape index (κ1) is 13.8. The topological polar surface area (TPSA) is 75.4 Å². The number of hydrogen-bond donors (Lipinski definition) is 2. The van der Waals surface area contributed by atoms with Gasteiger partial charge in [0.1, 0.15) is 10.7 Å². The van der Waals surface area contributed by atoms with E-state index in [9.17, 15) is 12.8 Å². The van der Waals surface area contributed by atoms with Crippen molar-refractivity contribution in [2.45, 2.75) is 23.8 Å². The standard InChI is InChI=1S/C13H18FN3O2S/c14-11-7-10(15)1-2-13(11)20(18,19)16-12-8-17-5-3-9(12)4-6-17/h1-2,7,9,12,16H,3-6,8,15H2. The Hall–Kier alpha value is -1.18. The zero-order chi connectivity index (χ0) is 14.3. The van der Waals surface area contributed by atoms with Crippen molar-refractivity contribution >= 4 is 15.7 Å². The van der Waals surface area contributed by atoms with Crippen LogP contribution in [0.25, 0.3) is 0 Å². The first-order valence-corrected chi connectivity index (χ1v) is 8.24. The molecule has 3 N–H and O–H groups in total. The van der Waals surface area contributed by atoms with E-state index in [0.29, 0.717) is 12.5 Å². The van der Waals surface area contributed by atoms with Gasteiger partial charge in [-0.1, -0.05) is 0 Å². The lowest BCUT2D eigenvalue weighted by Crippen LogP contribution is -2.57. The normalized spacial score (nSPS) is 29.6. The van der Waals surface area contributed by atoms with Crippen LogP contribution in [-0.4, -0.2) is 39.0 Å². The number of nitrogens with two attached hydrogens (primary N) is 1. The maximum Gasteiger partial charge on any atom is 0.243 e. The van der Waals surface area contributed by atoms with Crippen LogP contribution in [0.5, 0.6) is 0 Å². The van der Waals surface area contributed by atoms with E-state index in [1.54, 1.807) is 0 Å². The molecule has 0 radical (unpaired) electrons. The number of piperidine rings is 3. The highest BCUT2D eigenvalue weighted by atomic mass is 32.2. The summed E-state index contributed by atoms with van der Waals surface area (Å²) in [6.45, 7) is 2.76. The lowest BCUT2D eigenvalue weighted by Gasteiger charge is -2.44. The molecule has 3 saturated heterocycles. The summed E-state index contributed by atoms with van der Waals surface area (Å²) < 4.78 is 41.0. The van der Waals surface area contributed by atoms with E-state index in [1.165, 1.54) is 12.1 Å². The van der Waals surface area contributed by atoms with Gasteiger partial charge in [0.15, 0.2) is 0 Å². The minimum Gasteiger partial charge on any atom is -0.399 e. The Morgan fingerprint density at radius 3 is 2.55 bits per heavy atom. The van der Waals surface area contributed by atoms with Gasteiger partial charge in [0, 0.05) is 18.3 Å². The zero-order valence-corrected chi connectivity index (χ0v) is 11.9. The number of nitrogen functional groups attached to an aromatic ring is 1. The predicted octanol–water partition coefficient (Wildman–Crippen LogP) is 0.780. The summed E-state index contributed by atoms with van der Waals surface area (Å²) in [5.74, 6) is -0.453. The number of fused-ring (bicyclic) bond motifs is 3. The van der Waals surface area contributed by atoms with Crippen LogP contribution in [0.2, 0.25) is 0 Å². The van der Waals surface area contributed by atoms with Crippen LogP contribution in [0.1, 0.15) is 12.8 Å². The SMILES string of the molecule is Nc1ccc(S(=O)(=O)NC2CN3CCC2CC3)c(F)c1. The summed E-state index contributed by atoms with van der Waals surface area (Å²) >= 11 is 0. The maximum atomic E-state index is 13.8. The summed E-state index contributed by atoms with van der Waals surface area (Å²) in [6, 6.07) is 3.52. The van der Waals surface area contributed by atoms with Gasteiger partial charge >= 0.3 is 0 Å². The smallest absolute Gasteiger partial charge is 0.243 e. The summed E-state index contributed by atoms with van der Waals surface area (Å²) in [6.07, 6.45) is 1.99. The minimum atomic E-state index is -3.84. The first-order chi connectivity index (χ1) is 9.45. The molecule has 0 spiro atoms. The lowest BCUT2D eigenvalue weighted by molar-refractivity contribution is 0.0827. The van der Waals surface area contributed by atoms with Crippen molar-refractivity contribution in [1.82, 2.24) is 9.62 Å². The Labute approximate surface area is 118 Å². The van der Waals surface area contributed by atoms with E-state index < -0.39 is 15.8 Å². The molecule has 7 heteroatoms. The number of hydrogen-bond acceptors (Lipinski definition) is 4. The lowest BCUT2D eigenvalue weighted by atomic mass is 9.85. The van der Waals surface area contributed by atoms with Crippen molar-refractivity contribution in [2.75, 3.05) is 25.4 Å². The van der Waals surface area contributed by atoms with Crippen LogP contribution in [0.15, 0.2) is 23.1 Å². The summed E-state index contributed by atoms with van der Waals surface area (Å²) in [7, 11) is -3.84. The summed E-state index contributed by atoms with van der Waals surface area (Å²) in [5.41, 5.74) is 5.65. The molecule has 5 nitrogen and oxygen atoms in total. The monoisotopic (exact) mass is 299 g/mol. The third kappa shape index (κ3) is 2.53. The molecular formula is C13H18FN3O2S. The Morgan fingerprint density at radius 1 is 1.30 bits per heavy atom. The van der Waals surface area contributed by atoms with Crippen LogP contribution in [0.4, 0.5) is 10.1 Å². The van der Waals surface area contributed by atoms with Crippen LogP contribution in [0, 0.1) is 11.7 Å². The molecule has 1 aromatic rings. The molecule has 1 aromatic carbocycles. The molecule has 0 aliphatic carbocycles. The molecule has 0 saturated carbocycles. The average molecular weight is 299 g/mol. The number of nitrogens with one attached hydrogen (secondary N) is 1. The van der Waals surface area contributed by atoms with Crippen LogP contribution in [0.3, 0.4) is 0 Å². The quantitative estimate of drug-likeness (QED) is 0.809. The number of anilines is 1. The number of nitrogens with zero attached hydrogens (tertiary/aromatic N) is 1. The minimum absolute atomic E-state index is 0.126. The second kappa shape index (κ2) is 4.98. The summed E-state index contributed by atoms with van der Waals surface area (Å²) in [4.78, 5) is 1.91. The van der Waals surface area contributed by atoms with Gasteiger partial charge in [0.05, 0.1) is 0 Å². The van der Waals surface area contributed by atoms with Crippen molar-refractivity contribution in [3.05, 3.63) is 24.0 Å². The van der Waals surface area contributed by atoms with E-state index in [-0.39, 0.29) is 16.6 Å². The molecule has 2 bridgehead atoms. The fraction of sp³-hybridized carbons (Fsp3) is 0.538. The van der Waals surface area contributed by atoms with E-state index in [1.807, 2.05) is 0 Å². The van der Waals surface area contributed by atoms with Crippen LogP contribution < -0.4 is 10.5 Å². The summed E-state index contributed by atoms with van der Waals surface area (Å²) in [5, 5.41) is 0. The van der Waals surface area contributed by atoms with Crippen molar-refractivity contribution in [3.8, 4) is 0 Å². The molecule has 1 atom stereocenters. The average Bonchev–Trinajstić information content (AvgIpc) is 2.39. The molecule has 20 heavy (non-hydrogen) atoms. The van der Waals surface area contributed by atoms with Gasteiger partial charge in [-0.2, -0.15) is 0 Å². The second-order valence-corrected chi connectivity index (χ2v) is 7.24. The molecule has 3 fully saturated rings. The number of halogens is 1. The Kier molecular flexibility index (Phi) is 3.43.